The third-order valence-electron chi connectivity index (χ3n) is 11.3. The zero-order valence-corrected chi connectivity index (χ0v) is 35.3. The number of anilines is 2. The Morgan fingerprint density at radius 1 is 1.10 bits per heavy atom. The van der Waals surface area contributed by atoms with E-state index in [1.165, 1.54) is 6.07 Å². The SMILES string of the molecule is CC(C)(C)OC(=O)Nc1sc2c(F)ccc(-c3c(Cl)cc4c(N5CC6CCC(C5)N6C(=O)OC(C)(C)C)nc(OC[C@@]56CCCN5C/C(=C\F)C6)nc4c3F)c2c1C#N. The fourth-order valence-corrected chi connectivity index (χ4v) is 10.4. The van der Waals surface area contributed by atoms with Gasteiger partial charge in [0, 0.05) is 36.0 Å². The van der Waals surface area contributed by atoms with Crippen LogP contribution < -0.4 is 15.0 Å². The molecular formula is C42H45ClF3N7O5S. The number of halogens is 4. The molecule has 12 nitrogen and oxygen atoms in total. The van der Waals surface area contributed by atoms with E-state index in [1.807, 2.05) is 25.7 Å². The van der Waals surface area contributed by atoms with E-state index in [1.54, 1.807) is 31.7 Å². The van der Waals surface area contributed by atoms with E-state index >= 15 is 8.78 Å². The van der Waals surface area contributed by atoms with Gasteiger partial charge >= 0.3 is 18.2 Å². The number of fused-ring (bicyclic) bond motifs is 5. The van der Waals surface area contributed by atoms with Gasteiger partial charge in [-0.1, -0.05) is 17.7 Å². The topological polar surface area (TPSA) is 133 Å². The van der Waals surface area contributed by atoms with Gasteiger partial charge in [-0.3, -0.25) is 15.1 Å². The lowest BCUT2D eigenvalue weighted by Gasteiger charge is -2.42. The first-order valence-electron chi connectivity index (χ1n) is 19.7. The summed E-state index contributed by atoms with van der Waals surface area (Å²) < 4.78 is 64.2. The van der Waals surface area contributed by atoms with Gasteiger partial charge in [-0.05, 0) is 103 Å². The molecule has 0 saturated carbocycles. The van der Waals surface area contributed by atoms with Crippen molar-refractivity contribution < 1.29 is 37.0 Å². The summed E-state index contributed by atoms with van der Waals surface area (Å²) in [5.41, 5.74) is -1.55. The molecule has 4 aliphatic heterocycles. The quantitative estimate of drug-likeness (QED) is 0.200. The molecule has 4 aromatic rings. The fraction of sp³-hybridized carbons (Fsp3) is 0.500. The Labute approximate surface area is 348 Å². The van der Waals surface area contributed by atoms with Crippen LogP contribution in [0, 0.1) is 23.0 Å². The van der Waals surface area contributed by atoms with Crippen molar-refractivity contribution in [1.82, 2.24) is 19.8 Å². The molecule has 3 atom stereocenters. The highest BCUT2D eigenvalue weighted by atomic mass is 35.5. The standard InChI is InChI=1S/C42H45ClF3N7O5S/c1-40(2,3)57-38(54)50-36-27(17-47)30-25(10-11-29(45)34(30)59-36)31-28(43)14-26-33(32(31)46)48-37(56-21-42-12-7-13-52(42)18-22(15-42)16-44)49-35(26)51-19-23-8-9-24(20-51)53(23)39(55)58-41(4,5)6/h10-11,14,16,23-24H,7-9,12-13,15,18-21H2,1-6H3,(H,50,54)/b22-16-/t23?,24?,42-/m0/s1. The second kappa shape index (κ2) is 15.0. The lowest BCUT2D eigenvalue weighted by molar-refractivity contribution is 0.0122. The zero-order valence-electron chi connectivity index (χ0n) is 33.7. The number of piperazine rings is 1. The molecule has 6 heterocycles. The highest BCUT2D eigenvalue weighted by Gasteiger charge is 2.48. The summed E-state index contributed by atoms with van der Waals surface area (Å²) in [7, 11) is 0. The Hall–Kier alpha value is -4.85. The Kier molecular flexibility index (Phi) is 10.4. The maximum atomic E-state index is 17.5. The van der Waals surface area contributed by atoms with E-state index in [-0.39, 0.29) is 78.5 Å². The highest BCUT2D eigenvalue weighted by molar-refractivity contribution is 7.23. The maximum absolute atomic E-state index is 17.5. The van der Waals surface area contributed by atoms with Crippen LogP contribution in [0.4, 0.5) is 33.6 Å². The number of nitrogens with one attached hydrogen (secondary N) is 1. The van der Waals surface area contributed by atoms with E-state index in [0.717, 1.165) is 49.6 Å². The number of thiophene rings is 1. The number of aromatic nitrogens is 2. The first-order chi connectivity index (χ1) is 27.9. The smallest absolute Gasteiger partial charge is 0.412 e. The number of nitriles is 1. The van der Waals surface area contributed by atoms with Crippen molar-refractivity contribution in [2.45, 2.75) is 102 Å². The number of nitrogens with zero attached hydrogens (tertiary/aromatic N) is 6. The van der Waals surface area contributed by atoms with Gasteiger partial charge in [-0.2, -0.15) is 15.2 Å². The number of carbonyl (C=O) groups is 2. The van der Waals surface area contributed by atoms with E-state index in [9.17, 15) is 19.2 Å². The van der Waals surface area contributed by atoms with Crippen molar-refractivity contribution in [3.8, 4) is 23.2 Å². The minimum absolute atomic E-state index is 0.00467. The average Bonchev–Trinajstić information content (AvgIpc) is 3.88. The summed E-state index contributed by atoms with van der Waals surface area (Å²) in [5.74, 6) is -1.18. The molecule has 2 unspecified atom stereocenters. The summed E-state index contributed by atoms with van der Waals surface area (Å²) >= 11 is 7.82. The molecule has 2 aromatic carbocycles. The third kappa shape index (κ3) is 7.61. The van der Waals surface area contributed by atoms with Crippen molar-refractivity contribution in [2.75, 3.05) is 43.0 Å². The van der Waals surface area contributed by atoms with Crippen LogP contribution in [0.25, 0.3) is 32.1 Å². The largest absolute Gasteiger partial charge is 0.461 e. The Balaban J connectivity index is 1.24. The van der Waals surface area contributed by atoms with Crippen LogP contribution in [0.5, 0.6) is 6.01 Å². The summed E-state index contributed by atoms with van der Waals surface area (Å²) in [6.45, 7) is 12.7. The van der Waals surface area contributed by atoms with Crippen molar-refractivity contribution in [2.24, 2.45) is 0 Å². The summed E-state index contributed by atoms with van der Waals surface area (Å²) in [4.78, 5) is 41.6. The van der Waals surface area contributed by atoms with Gasteiger partial charge in [0.25, 0.3) is 0 Å². The predicted octanol–water partition coefficient (Wildman–Crippen LogP) is 9.72. The van der Waals surface area contributed by atoms with E-state index < -0.39 is 34.5 Å². The second-order valence-electron chi connectivity index (χ2n) is 17.8. The molecule has 0 radical (unpaired) electrons. The maximum Gasteiger partial charge on any atom is 0.412 e. The van der Waals surface area contributed by atoms with Crippen molar-refractivity contribution in [1.29, 1.82) is 5.26 Å². The molecule has 312 valence electrons. The normalized spacial score (nSPS) is 22.6. The molecule has 8 rings (SSSR count). The van der Waals surface area contributed by atoms with Gasteiger partial charge in [-0.25, -0.2) is 22.8 Å². The number of ether oxygens (including phenoxy) is 3. The number of benzene rings is 2. The minimum Gasteiger partial charge on any atom is -0.461 e. The Bertz CT molecular complexity index is 2450. The first kappa shape index (κ1) is 40.9. The Morgan fingerprint density at radius 3 is 2.47 bits per heavy atom. The lowest BCUT2D eigenvalue weighted by atomic mass is 9.94. The number of rotatable bonds is 6. The molecule has 1 N–H and O–H groups in total. The number of hydrogen-bond donors (Lipinski definition) is 1. The van der Waals surface area contributed by atoms with Gasteiger partial charge in [0.1, 0.15) is 46.0 Å². The average molecular weight is 852 g/mol. The molecule has 0 spiro atoms. The van der Waals surface area contributed by atoms with Crippen molar-refractivity contribution >= 4 is 66.9 Å². The van der Waals surface area contributed by atoms with Gasteiger partial charge in [-0.15, -0.1) is 11.3 Å². The van der Waals surface area contributed by atoms with Gasteiger partial charge < -0.3 is 19.1 Å². The van der Waals surface area contributed by atoms with E-state index in [4.69, 9.17) is 30.8 Å². The molecule has 2 amide bonds. The molecule has 0 aliphatic carbocycles. The van der Waals surface area contributed by atoms with E-state index in [0.29, 0.717) is 43.8 Å². The van der Waals surface area contributed by atoms with Crippen LogP contribution in [-0.2, 0) is 9.47 Å². The zero-order chi connectivity index (χ0) is 42.2. The van der Waals surface area contributed by atoms with Crippen LogP contribution >= 0.6 is 22.9 Å². The van der Waals surface area contributed by atoms with Gasteiger partial charge in [0.05, 0.1) is 39.2 Å². The lowest BCUT2D eigenvalue weighted by Crippen LogP contribution is -2.57. The number of amides is 2. The van der Waals surface area contributed by atoms with Crippen LogP contribution in [-0.4, -0.2) is 93.6 Å². The van der Waals surface area contributed by atoms with Crippen molar-refractivity contribution in [3.63, 3.8) is 0 Å². The summed E-state index contributed by atoms with van der Waals surface area (Å²) in [5, 5.41) is 13.2. The summed E-state index contributed by atoms with van der Waals surface area (Å²) in [6, 6.07) is 5.60. The molecule has 17 heteroatoms. The molecule has 59 heavy (non-hydrogen) atoms. The highest BCUT2D eigenvalue weighted by Crippen LogP contribution is 2.48. The fourth-order valence-electron chi connectivity index (χ4n) is 9.02. The van der Waals surface area contributed by atoms with Crippen LogP contribution in [0.2, 0.25) is 5.02 Å². The number of carbonyl (C=O) groups excluding carboxylic acids is 2. The molecule has 4 saturated heterocycles. The van der Waals surface area contributed by atoms with Crippen LogP contribution in [0.1, 0.15) is 79.2 Å². The monoisotopic (exact) mass is 851 g/mol. The van der Waals surface area contributed by atoms with Crippen LogP contribution in [0.15, 0.2) is 30.1 Å². The molecule has 2 bridgehead atoms. The number of hydrogen-bond acceptors (Lipinski definition) is 11. The third-order valence-corrected chi connectivity index (χ3v) is 12.7. The van der Waals surface area contributed by atoms with Gasteiger partial charge in [0.2, 0.25) is 0 Å². The molecule has 2 aromatic heterocycles. The predicted molar refractivity (Wildman–Crippen MR) is 220 cm³/mol. The van der Waals surface area contributed by atoms with Gasteiger partial charge in [0.15, 0.2) is 5.82 Å². The second-order valence-corrected chi connectivity index (χ2v) is 19.2. The first-order valence-corrected chi connectivity index (χ1v) is 20.9. The molecule has 4 aliphatic rings. The molecular weight excluding hydrogens is 807 g/mol. The minimum atomic E-state index is -0.856. The summed E-state index contributed by atoms with van der Waals surface area (Å²) in [6.07, 6.45) is 3.09. The molecule has 4 fully saturated rings. The van der Waals surface area contributed by atoms with E-state index in [2.05, 4.69) is 21.3 Å². The Morgan fingerprint density at radius 2 is 1.81 bits per heavy atom. The van der Waals surface area contributed by atoms with Crippen LogP contribution in [0.3, 0.4) is 0 Å². The van der Waals surface area contributed by atoms with Crippen molar-refractivity contribution in [3.05, 3.63) is 52.3 Å².